The topological polar surface area (TPSA) is 91.4 Å². The van der Waals surface area contributed by atoms with E-state index in [0.717, 1.165) is 23.1 Å². The summed E-state index contributed by atoms with van der Waals surface area (Å²) < 4.78 is 0. The van der Waals surface area contributed by atoms with Gasteiger partial charge in [0.1, 0.15) is 12.1 Å². The quantitative estimate of drug-likeness (QED) is 0.817. The fraction of sp³-hybridized carbons (Fsp3) is 0.400. The van der Waals surface area contributed by atoms with Gasteiger partial charge < -0.3 is 10.6 Å². The van der Waals surface area contributed by atoms with Crippen molar-refractivity contribution >= 4 is 34.4 Å². The average Bonchev–Trinajstić information content (AvgIpc) is 2.89. The van der Waals surface area contributed by atoms with E-state index in [1.54, 1.807) is 12.3 Å². The zero-order chi connectivity index (χ0) is 19.0. The van der Waals surface area contributed by atoms with E-state index in [2.05, 4.69) is 22.5 Å². The lowest BCUT2D eigenvalue weighted by Crippen LogP contribution is -2.49. The third-order valence-electron chi connectivity index (χ3n) is 5.58. The zero-order valence-corrected chi connectivity index (χ0v) is 15.2. The van der Waals surface area contributed by atoms with Crippen molar-refractivity contribution in [3.05, 3.63) is 36.5 Å². The molecule has 1 spiro atoms. The monoisotopic (exact) mass is 366 g/mol. The Hall–Kier alpha value is -2.96. The second kappa shape index (κ2) is 6.64. The molecule has 2 fully saturated rings. The number of rotatable bonds is 3. The lowest BCUT2D eigenvalue weighted by atomic mass is 9.77. The van der Waals surface area contributed by atoms with Gasteiger partial charge in [-0.15, -0.1) is 0 Å². The summed E-state index contributed by atoms with van der Waals surface area (Å²) >= 11 is 0. The van der Waals surface area contributed by atoms with Crippen molar-refractivity contribution in [1.82, 2.24) is 15.2 Å². The number of anilines is 1. The van der Waals surface area contributed by atoms with Crippen LogP contribution in [0.2, 0.25) is 0 Å². The Kier molecular flexibility index (Phi) is 4.30. The van der Waals surface area contributed by atoms with Gasteiger partial charge in [-0.3, -0.25) is 19.5 Å². The number of nitrogens with one attached hydrogen (secondary N) is 2. The highest BCUT2D eigenvalue weighted by molar-refractivity contribution is 6.11. The number of pyridine rings is 1. The fourth-order valence-electron chi connectivity index (χ4n) is 3.95. The van der Waals surface area contributed by atoms with Gasteiger partial charge in [-0.05, 0) is 43.7 Å². The molecule has 0 atom stereocenters. The van der Waals surface area contributed by atoms with E-state index < -0.39 is 17.5 Å². The first-order valence-corrected chi connectivity index (χ1v) is 9.26. The Morgan fingerprint density at radius 1 is 1.26 bits per heavy atom. The summed E-state index contributed by atoms with van der Waals surface area (Å²) in [5.41, 5.74) is 0.403. The second-order valence-electron chi connectivity index (χ2n) is 7.51. The van der Waals surface area contributed by atoms with Crippen LogP contribution >= 0.6 is 0 Å². The van der Waals surface area contributed by atoms with Crippen molar-refractivity contribution in [3.63, 3.8) is 0 Å². The molecule has 7 nitrogen and oxygen atoms in total. The smallest absolute Gasteiger partial charge is 0.323 e. The molecule has 140 valence electrons. The minimum absolute atomic E-state index is 0.286. The number of nitrogens with zero attached hydrogens (tertiary/aromatic N) is 2. The van der Waals surface area contributed by atoms with Crippen LogP contribution in [0.25, 0.3) is 10.9 Å². The van der Waals surface area contributed by atoms with Gasteiger partial charge in [-0.1, -0.05) is 25.1 Å². The molecule has 27 heavy (non-hydrogen) atoms. The molecule has 2 heterocycles. The van der Waals surface area contributed by atoms with E-state index in [1.165, 1.54) is 0 Å². The van der Waals surface area contributed by atoms with Crippen molar-refractivity contribution in [1.29, 1.82) is 0 Å². The molecule has 7 heteroatoms. The summed E-state index contributed by atoms with van der Waals surface area (Å²) in [4.78, 5) is 43.0. The normalized spacial score (nSPS) is 25.1. The highest BCUT2D eigenvalue weighted by atomic mass is 16.2. The van der Waals surface area contributed by atoms with Crippen molar-refractivity contribution < 1.29 is 14.4 Å². The highest BCUT2D eigenvalue weighted by Gasteiger charge is 2.52. The van der Waals surface area contributed by atoms with Crippen LogP contribution in [-0.2, 0) is 9.59 Å². The number of imide groups is 1. The molecule has 1 aliphatic carbocycles. The predicted molar refractivity (Wildman–Crippen MR) is 101 cm³/mol. The third kappa shape index (κ3) is 3.13. The van der Waals surface area contributed by atoms with Crippen LogP contribution in [0.3, 0.4) is 0 Å². The number of carbonyl (C=O) groups is 3. The van der Waals surface area contributed by atoms with Crippen molar-refractivity contribution in [2.45, 2.75) is 38.1 Å². The first-order chi connectivity index (χ1) is 13.0. The van der Waals surface area contributed by atoms with Gasteiger partial charge in [-0.25, -0.2) is 4.79 Å². The van der Waals surface area contributed by atoms with E-state index in [4.69, 9.17) is 0 Å². The Balaban J connectivity index is 1.48. The average molecular weight is 366 g/mol. The minimum atomic E-state index is -0.828. The first kappa shape index (κ1) is 17.5. The SMILES string of the molecule is CC1CCC2(CC1)NC(=O)N(CC(=O)Nc1cccc3cccnc13)C2=O. The molecule has 1 saturated carbocycles. The van der Waals surface area contributed by atoms with Crippen molar-refractivity contribution in [2.24, 2.45) is 5.92 Å². The molecule has 0 unspecified atom stereocenters. The van der Waals surface area contributed by atoms with Gasteiger partial charge in [0.2, 0.25) is 5.91 Å². The summed E-state index contributed by atoms with van der Waals surface area (Å²) in [6.45, 7) is 1.85. The molecule has 1 aromatic heterocycles. The molecule has 0 radical (unpaired) electrons. The van der Waals surface area contributed by atoms with Gasteiger partial charge in [-0.2, -0.15) is 0 Å². The number of benzene rings is 1. The largest absolute Gasteiger partial charge is 0.325 e. The molecule has 1 aromatic carbocycles. The van der Waals surface area contributed by atoms with Crippen LogP contribution in [-0.4, -0.2) is 39.8 Å². The van der Waals surface area contributed by atoms with Crippen LogP contribution in [0.5, 0.6) is 0 Å². The Morgan fingerprint density at radius 3 is 2.78 bits per heavy atom. The standard InChI is InChI=1S/C20H22N4O3/c1-13-7-9-20(10-8-13)18(26)24(19(27)23-20)12-16(25)22-15-6-2-4-14-5-3-11-21-17(14)15/h2-6,11,13H,7-10,12H2,1H3,(H,22,25)(H,23,27). The maximum Gasteiger partial charge on any atom is 0.325 e. The Bertz CT molecular complexity index is 913. The van der Waals surface area contributed by atoms with E-state index in [0.29, 0.717) is 30.0 Å². The molecule has 2 aliphatic rings. The Morgan fingerprint density at radius 2 is 2.00 bits per heavy atom. The molecule has 0 bridgehead atoms. The number of carbonyl (C=O) groups excluding carboxylic acids is 3. The summed E-state index contributed by atoms with van der Waals surface area (Å²) in [5.74, 6) is -0.153. The van der Waals surface area contributed by atoms with E-state index in [1.807, 2.05) is 24.3 Å². The number of amides is 4. The maximum absolute atomic E-state index is 12.8. The predicted octanol–water partition coefficient (Wildman–Crippen LogP) is 2.67. The van der Waals surface area contributed by atoms with Crippen LogP contribution in [0.1, 0.15) is 32.6 Å². The molecule has 1 aliphatic heterocycles. The number of hydrogen-bond acceptors (Lipinski definition) is 4. The lowest BCUT2D eigenvalue weighted by Gasteiger charge is -2.33. The zero-order valence-electron chi connectivity index (χ0n) is 15.2. The van der Waals surface area contributed by atoms with Gasteiger partial charge in [0.25, 0.3) is 5.91 Å². The summed E-state index contributed by atoms with van der Waals surface area (Å²) in [6, 6.07) is 8.73. The molecular formula is C20H22N4O3. The molecular weight excluding hydrogens is 344 g/mol. The number of hydrogen-bond donors (Lipinski definition) is 2. The lowest BCUT2D eigenvalue weighted by molar-refractivity contribution is -0.135. The highest BCUT2D eigenvalue weighted by Crippen LogP contribution is 2.36. The summed E-state index contributed by atoms with van der Waals surface area (Å²) in [5, 5.41) is 6.51. The van der Waals surface area contributed by atoms with E-state index in [9.17, 15) is 14.4 Å². The molecule has 4 amide bonds. The van der Waals surface area contributed by atoms with Gasteiger partial charge in [0.05, 0.1) is 11.2 Å². The van der Waals surface area contributed by atoms with Gasteiger partial charge >= 0.3 is 6.03 Å². The molecule has 2 aromatic rings. The maximum atomic E-state index is 12.8. The van der Waals surface area contributed by atoms with E-state index >= 15 is 0 Å². The number of fused-ring (bicyclic) bond motifs is 1. The third-order valence-corrected chi connectivity index (χ3v) is 5.58. The van der Waals surface area contributed by atoms with Crippen LogP contribution in [0.15, 0.2) is 36.5 Å². The molecule has 4 rings (SSSR count). The summed E-state index contributed by atoms with van der Waals surface area (Å²) in [7, 11) is 0. The number of aromatic nitrogens is 1. The van der Waals surface area contributed by atoms with Gasteiger partial charge in [0, 0.05) is 11.6 Å². The van der Waals surface area contributed by atoms with Crippen LogP contribution < -0.4 is 10.6 Å². The first-order valence-electron chi connectivity index (χ1n) is 9.26. The number of urea groups is 1. The number of para-hydroxylation sites is 1. The van der Waals surface area contributed by atoms with E-state index in [-0.39, 0.29) is 12.5 Å². The minimum Gasteiger partial charge on any atom is -0.323 e. The summed E-state index contributed by atoms with van der Waals surface area (Å²) in [6.07, 6.45) is 4.71. The van der Waals surface area contributed by atoms with Gasteiger partial charge in [0.15, 0.2) is 0 Å². The van der Waals surface area contributed by atoms with Crippen LogP contribution in [0, 0.1) is 5.92 Å². The van der Waals surface area contributed by atoms with Crippen LogP contribution in [0.4, 0.5) is 10.5 Å². The molecule has 1 saturated heterocycles. The van der Waals surface area contributed by atoms with Crippen molar-refractivity contribution in [3.8, 4) is 0 Å². The fourth-order valence-corrected chi connectivity index (χ4v) is 3.95. The molecule has 2 N–H and O–H groups in total. The van der Waals surface area contributed by atoms with Crippen molar-refractivity contribution in [2.75, 3.05) is 11.9 Å². The Labute approximate surface area is 157 Å². The second-order valence-corrected chi connectivity index (χ2v) is 7.51.